The third kappa shape index (κ3) is 8.35. The number of carbonyl (C=O) groups excluding carboxylic acids is 2. The highest BCUT2D eigenvalue weighted by Gasteiger charge is 2.29. The van der Waals surface area contributed by atoms with Crippen LogP contribution < -0.4 is 9.62 Å². The standard InChI is InChI=1S/C27H35Cl2N3O4S/c1-19-8-6-11-23(16-19)32(37(3,35)36)15-7-12-26(33)31(18-21-13-14-24(28)25(29)17-21)20(2)27(34)30-22-9-4-5-10-22/h6,8,11,13-14,16-17,20,22H,4-5,7,9-10,12,15,18H2,1-3H3,(H,30,34)/t20-/m1/s1. The summed E-state index contributed by atoms with van der Waals surface area (Å²) in [5.41, 5.74) is 2.25. The van der Waals surface area contributed by atoms with Crippen LogP contribution in [0.5, 0.6) is 0 Å². The zero-order valence-electron chi connectivity index (χ0n) is 21.5. The number of benzene rings is 2. The zero-order valence-corrected chi connectivity index (χ0v) is 23.9. The molecule has 2 aromatic rings. The minimum Gasteiger partial charge on any atom is -0.352 e. The fourth-order valence-electron chi connectivity index (χ4n) is 4.60. The summed E-state index contributed by atoms with van der Waals surface area (Å²) in [7, 11) is -3.54. The quantitative estimate of drug-likeness (QED) is 0.398. The molecule has 7 nitrogen and oxygen atoms in total. The van der Waals surface area contributed by atoms with Crippen LogP contribution in [0.3, 0.4) is 0 Å². The van der Waals surface area contributed by atoms with Gasteiger partial charge in [-0.2, -0.15) is 0 Å². The van der Waals surface area contributed by atoms with Gasteiger partial charge in [-0.25, -0.2) is 8.42 Å². The Bertz CT molecular complexity index is 1220. The number of sulfonamides is 1. The Morgan fingerprint density at radius 3 is 2.41 bits per heavy atom. The van der Waals surface area contributed by atoms with E-state index in [4.69, 9.17) is 23.2 Å². The molecular formula is C27H35Cl2N3O4S. The molecule has 3 rings (SSSR count). The van der Waals surface area contributed by atoms with Crippen molar-refractivity contribution in [1.29, 1.82) is 0 Å². The number of carbonyl (C=O) groups is 2. The number of halogens is 2. The van der Waals surface area contributed by atoms with Gasteiger partial charge in [0.1, 0.15) is 6.04 Å². The van der Waals surface area contributed by atoms with Crippen molar-refractivity contribution in [3.05, 3.63) is 63.6 Å². The molecular weight excluding hydrogens is 533 g/mol. The molecule has 0 spiro atoms. The second-order valence-electron chi connectivity index (χ2n) is 9.71. The van der Waals surface area contributed by atoms with Crippen molar-refractivity contribution < 1.29 is 18.0 Å². The van der Waals surface area contributed by atoms with Crippen molar-refractivity contribution in [2.45, 2.75) is 71.0 Å². The van der Waals surface area contributed by atoms with Gasteiger partial charge in [0.05, 0.1) is 22.0 Å². The maximum atomic E-state index is 13.4. The van der Waals surface area contributed by atoms with E-state index in [0.717, 1.165) is 43.1 Å². The Labute approximate surface area is 230 Å². The van der Waals surface area contributed by atoms with E-state index in [1.54, 1.807) is 43.3 Å². The van der Waals surface area contributed by atoms with Crippen LogP contribution in [0, 0.1) is 6.92 Å². The summed E-state index contributed by atoms with van der Waals surface area (Å²) in [6.07, 6.45) is 5.60. The molecule has 0 saturated heterocycles. The van der Waals surface area contributed by atoms with Gasteiger partial charge in [-0.15, -0.1) is 0 Å². The molecule has 1 atom stereocenters. The van der Waals surface area contributed by atoms with Gasteiger partial charge in [0.15, 0.2) is 0 Å². The first kappa shape index (κ1) is 29.3. The Morgan fingerprint density at radius 1 is 1.08 bits per heavy atom. The Balaban J connectivity index is 1.74. The monoisotopic (exact) mass is 567 g/mol. The summed E-state index contributed by atoms with van der Waals surface area (Å²) in [4.78, 5) is 28.0. The highest BCUT2D eigenvalue weighted by atomic mass is 35.5. The molecule has 1 aliphatic carbocycles. The van der Waals surface area contributed by atoms with Crippen LogP contribution in [0.1, 0.15) is 56.6 Å². The first-order valence-electron chi connectivity index (χ1n) is 12.5. The predicted octanol–water partition coefficient (Wildman–Crippen LogP) is 5.32. The van der Waals surface area contributed by atoms with Gasteiger partial charge in [-0.1, -0.05) is 54.2 Å². The molecule has 0 unspecified atom stereocenters. The number of nitrogens with one attached hydrogen (secondary N) is 1. The maximum Gasteiger partial charge on any atom is 0.242 e. The van der Waals surface area contributed by atoms with Gasteiger partial charge in [-0.3, -0.25) is 13.9 Å². The molecule has 2 aromatic carbocycles. The number of hydrogen-bond acceptors (Lipinski definition) is 4. The molecule has 1 aliphatic rings. The van der Waals surface area contributed by atoms with Crippen molar-refractivity contribution in [3.8, 4) is 0 Å². The number of amides is 2. The number of anilines is 1. The van der Waals surface area contributed by atoms with Gasteiger partial charge in [0, 0.05) is 25.6 Å². The molecule has 37 heavy (non-hydrogen) atoms. The smallest absolute Gasteiger partial charge is 0.242 e. The van der Waals surface area contributed by atoms with Crippen LogP contribution in [0.4, 0.5) is 5.69 Å². The van der Waals surface area contributed by atoms with Crippen LogP contribution in [0.2, 0.25) is 10.0 Å². The summed E-state index contributed by atoms with van der Waals surface area (Å²) in [5.74, 6) is -0.435. The third-order valence-corrected chi connectivity index (χ3v) is 8.58. The lowest BCUT2D eigenvalue weighted by atomic mass is 10.1. The molecule has 2 amide bonds. The van der Waals surface area contributed by atoms with Crippen LogP contribution in [-0.2, 0) is 26.2 Å². The van der Waals surface area contributed by atoms with E-state index in [1.807, 2.05) is 13.0 Å². The summed E-state index contributed by atoms with van der Waals surface area (Å²) >= 11 is 12.2. The average molecular weight is 569 g/mol. The van der Waals surface area contributed by atoms with E-state index in [0.29, 0.717) is 22.2 Å². The fourth-order valence-corrected chi connectivity index (χ4v) is 5.87. The molecule has 10 heteroatoms. The average Bonchev–Trinajstić information content (AvgIpc) is 3.34. The van der Waals surface area contributed by atoms with Crippen LogP contribution >= 0.6 is 23.2 Å². The second kappa shape index (κ2) is 13.0. The van der Waals surface area contributed by atoms with Crippen molar-refractivity contribution in [2.24, 2.45) is 0 Å². The molecule has 1 N–H and O–H groups in total. The van der Waals surface area contributed by atoms with E-state index in [1.165, 1.54) is 9.21 Å². The second-order valence-corrected chi connectivity index (χ2v) is 12.4. The number of hydrogen-bond donors (Lipinski definition) is 1. The first-order valence-corrected chi connectivity index (χ1v) is 15.1. The summed E-state index contributed by atoms with van der Waals surface area (Å²) in [6, 6.07) is 11.8. The molecule has 0 heterocycles. The van der Waals surface area contributed by atoms with Crippen LogP contribution in [0.25, 0.3) is 0 Å². The lowest BCUT2D eigenvalue weighted by Gasteiger charge is -2.30. The lowest BCUT2D eigenvalue weighted by molar-refractivity contribution is -0.141. The van der Waals surface area contributed by atoms with Gasteiger partial charge in [-0.05, 0) is 68.5 Å². The topological polar surface area (TPSA) is 86.8 Å². The van der Waals surface area contributed by atoms with Crippen molar-refractivity contribution >= 4 is 50.7 Å². The Kier molecular flexibility index (Phi) is 10.3. The van der Waals surface area contributed by atoms with E-state index in [-0.39, 0.29) is 37.4 Å². The molecule has 202 valence electrons. The lowest BCUT2D eigenvalue weighted by Crippen LogP contribution is -2.49. The minimum atomic E-state index is -3.54. The number of rotatable bonds is 11. The van der Waals surface area contributed by atoms with E-state index in [9.17, 15) is 18.0 Å². The van der Waals surface area contributed by atoms with Crippen molar-refractivity contribution in [2.75, 3.05) is 17.1 Å². The third-order valence-electron chi connectivity index (χ3n) is 6.65. The number of nitrogens with zero attached hydrogens (tertiary/aromatic N) is 2. The highest BCUT2D eigenvalue weighted by molar-refractivity contribution is 7.92. The van der Waals surface area contributed by atoms with Crippen molar-refractivity contribution in [3.63, 3.8) is 0 Å². The van der Waals surface area contributed by atoms with E-state index >= 15 is 0 Å². The largest absolute Gasteiger partial charge is 0.352 e. The fraction of sp³-hybridized carbons (Fsp3) is 0.481. The maximum absolute atomic E-state index is 13.4. The van der Waals surface area contributed by atoms with E-state index in [2.05, 4.69) is 5.32 Å². The zero-order chi connectivity index (χ0) is 27.2. The Hall–Kier alpha value is -2.29. The van der Waals surface area contributed by atoms with Crippen LogP contribution in [-0.4, -0.2) is 50.0 Å². The summed E-state index contributed by atoms with van der Waals surface area (Å²) in [5, 5.41) is 3.86. The molecule has 1 saturated carbocycles. The SMILES string of the molecule is Cc1cccc(N(CCCC(=O)N(Cc2ccc(Cl)c(Cl)c2)[C@H](C)C(=O)NC2CCCC2)S(C)(=O)=O)c1. The number of aryl methyl sites for hydroxylation is 1. The Morgan fingerprint density at radius 2 is 1.78 bits per heavy atom. The highest BCUT2D eigenvalue weighted by Crippen LogP contribution is 2.25. The summed E-state index contributed by atoms with van der Waals surface area (Å²) < 4.78 is 26.3. The molecule has 1 fully saturated rings. The van der Waals surface area contributed by atoms with E-state index < -0.39 is 16.1 Å². The normalized spacial score (nSPS) is 14.8. The van der Waals surface area contributed by atoms with Crippen LogP contribution in [0.15, 0.2) is 42.5 Å². The predicted molar refractivity (Wildman–Crippen MR) is 149 cm³/mol. The van der Waals surface area contributed by atoms with Gasteiger partial charge >= 0.3 is 0 Å². The summed E-state index contributed by atoms with van der Waals surface area (Å²) in [6.45, 7) is 3.95. The first-order chi connectivity index (χ1) is 17.5. The minimum absolute atomic E-state index is 0.0835. The molecule has 0 aliphatic heterocycles. The molecule has 0 bridgehead atoms. The van der Waals surface area contributed by atoms with Gasteiger partial charge in [0.25, 0.3) is 0 Å². The van der Waals surface area contributed by atoms with Gasteiger partial charge < -0.3 is 10.2 Å². The van der Waals surface area contributed by atoms with Crippen molar-refractivity contribution in [1.82, 2.24) is 10.2 Å². The molecule has 0 aromatic heterocycles. The van der Waals surface area contributed by atoms with Gasteiger partial charge in [0.2, 0.25) is 21.8 Å². The molecule has 0 radical (unpaired) electrons.